The summed E-state index contributed by atoms with van der Waals surface area (Å²) in [6, 6.07) is 24.9. The molecule has 3 aromatic carbocycles. The fraction of sp³-hybridized carbons (Fsp3) is 0.120. The lowest BCUT2D eigenvalue weighted by molar-refractivity contribution is -0.115. The lowest BCUT2D eigenvalue weighted by Crippen LogP contribution is -2.22. The molecule has 30 heavy (non-hydrogen) atoms. The Morgan fingerprint density at radius 3 is 2.40 bits per heavy atom. The number of benzene rings is 3. The number of rotatable bonds is 7. The largest absolute Gasteiger partial charge is 0.325 e. The molecule has 0 saturated carbocycles. The van der Waals surface area contributed by atoms with Gasteiger partial charge in [-0.2, -0.15) is 0 Å². The summed E-state index contributed by atoms with van der Waals surface area (Å²) in [4.78, 5) is 25.6. The van der Waals surface area contributed by atoms with E-state index in [0.29, 0.717) is 5.69 Å². The molecule has 0 heterocycles. The highest BCUT2D eigenvalue weighted by molar-refractivity contribution is 8.00. The third-order valence-electron chi connectivity index (χ3n) is 4.41. The van der Waals surface area contributed by atoms with Gasteiger partial charge in [-0.25, -0.2) is 0 Å². The molecule has 1 atom stereocenters. The number of para-hydroxylation sites is 1. The maximum absolute atomic E-state index is 12.5. The molecule has 0 aliphatic rings. The van der Waals surface area contributed by atoms with Crippen molar-refractivity contribution >= 4 is 41.0 Å². The van der Waals surface area contributed by atoms with Crippen molar-refractivity contribution in [1.29, 1.82) is 0 Å². The Hall–Kier alpha value is -3.31. The van der Waals surface area contributed by atoms with E-state index in [0.717, 1.165) is 21.7 Å². The highest BCUT2D eigenvalue weighted by atomic mass is 32.2. The van der Waals surface area contributed by atoms with Crippen molar-refractivity contribution in [2.75, 3.05) is 10.6 Å². The molecule has 152 valence electrons. The second kappa shape index (κ2) is 10.5. The number of carbonyl (C=O) groups is 2. The van der Waals surface area contributed by atoms with Crippen molar-refractivity contribution in [3.05, 3.63) is 96.1 Å². The van der Waals surface area contributed by atoms with Crippen LogP contribution in [-0.4, -0.2) is 17.1 Å². The number of hydrogen-bond donors (Lipinski definition) is 2. The van der Waals surface area contributed by atoms with Gasteiger partial charge in [-0.05, 0) is 55.3 Å². The van der Waals surface area contributed by atoms with Crippen LogP contribution < -0.4 is 10.6 Å². The zero-order valence-electron chi connectivity index (χ0n) is 17.0. The van der Waals surface area contributed by atoms with Crippen LogP contribution >= 0.6 is 11.8 Å². The minimum atomic E-state index is -0.284. The Morgan fingerprint density at radius 2 is 1.63 bits per heavy atom. The van der Waals surface area contributed by atoms with Gasteiger partial charge < -0.3 is 10.6 Å². The van der Waals surface area contributed by atoms with Gasteiger partial charge in [-0.15, -0.1) is 11.8 Å². The Labute approximate surface area is 181 Å². The van der Waals surface area contributed by atoms with Gasteiger partial charge in [0.15, 0.2) is 0 Å². The molecule has 4 nitrogen and oxygen atoms in total. The molecule has 0 radical (unpaired) electrons. The molecule has 3 aromatic rings. The van der Waals surface area contributed by atoms with Crippen LogP contribution in [0.15, 0.2) is 89.8 Å². The van der Waals surface area contributed by atoms with Crippen LogP contribution in [0.25, 0.3) is 6.08 Å². The van der Waals surface area contributed by atoms with Crippen LogP contribution in [0, 0.1) is 6.92 Å². The number of thioether (sulfide) groups is 1. The number of carbonyl (C=O) groups excluding carboxylic acids is 2. The summed E-state index contributed by atoms with van der Waals surface area (Å²) in [5.41, 5.74) is 3.50. The van der Waals surface area contributed by atoms with Crippen LogP contribution in [0.1, 0.15) is 18.1 Å². The Bertz CT molecular complexity index is 1050. The monoisotopic (exact) mass is 416 g/mol. The molecule has 0 spiro atoms. The van der Waals surface area contributed by atoms with E-state index < -0.39 is 0 Å². The average molecular weight is 417 g/mol. The molecule has 0 aliphatic carbocycles. The van der Waals surface area contributed by atoms with Crippen LogP contribution in [0.4, 0.5) is 11.4 Å². The number of nitrogens with one attached hydrogen (secondary N) is 2. The molecule has 5 heteroatoms. The van der Waals surface area contributed by atoms with Gasteiger partial charge in [0, 0.05) is 22.3 Å². The van der Waals surface area contributed by atoms with Crippen LogP contribution in [-0.2, 0) is 9.59 Å². The first kappa shape index (κ1) is 21.4. The minimum absolute atomic E-state index is 0.0606. The summed E-state index contributed by atoms with van der Waals surface area (Å²) in [5.74, 6) is -0.263. The van der Waals surface area contributed by atoms with Gasteiger partial charge in [0.05, 0.1) is 5.25 Å². The maximum Gasteiger partial charge on any atom is 0.248 e. The SMILES string of the molecule is Cc1ccccc1NC(=O)C(C)Sc1cccc(NC(=O)/C=C/c2ccccc2)c1. The molecule has 3 rings (SSSR count). The summed E-state index contributed by atoms with van der Waals surface area (Å²) >= 11 is 1.45. The predicted molar refractivity (Wildman–Crippen MR) is 126 cm³/mol. The molecule has 0 saturated heterocycles. The number of amides is 2. The van der Waals surface area contributed by atoms with Crippen LogP contribution in [0.2, 0.25) is 0 Å². The van der Waals surface area contributed by atoms with Crippen molar-refractivity contribution in [1.82, 2.24) is 0 Å². The van der Waals surface area contributed by atoms with E-state index >= 15 is 0 Å². The lowest BCUT2D eigenvalue weighted by atomic mass is 10.2. The first-order valence-electron chi connectivity index (χ1n) is 9.68. The molecule has 0 aliphatic heterocycles. The molecule has 2 N–H and O–H groups in total. The maximum atomic E-state index is 12.5. The fourth-order valence-electron chi connectivity index (χ4n) is 2.77. The van der Waals surface area contributed by atoms with E-state index in [2.05, 4.69) is 10.6 Å². The topological polar surface area (TPSA) is 58.2 Å². The summed E-state index contributed by atoms with van der Waals surface area (Å²) < 4.78 is 0. The third kappa shape index (κ3) is 6.36. The zero-order valence-corrected chi connectivity index (χ0v) is 17.8. The standard InChI is InChI=1S/C25H24N2O2S/c1-18-9-6-7-14-23(18)27-25(29)19(2)30-22-13-8-12-21(17-22)26-24(28)16-15-20-10-4-3-5-11-20/h3-17,19H,1-2H3,(H,26,28)(H,27,29)/b16-15+. The van der Waals surface area contributed by atoms with Gasteiger partial charge in [-0.1, -0.05) is 54.6 Å². The number of anilines is 2. The fourth-order valence-corrected chi connectivity index (χ4v) is 3.70. The van der Waals surface area contributed by atoms with Gasteiger partial charge in [0.1, 0.15) is 0 Å². The van der Waals surface area contributed by atoms with E-state index in [9.17, 15) is 9.59 Å². The number of aryl methyl sites for hydroxylation is 1. The first-order valence-corrected chi connectivity index (χ1v) is 10.6. The molecule has 0 fully saturated rings. The quantitative estimate of drug-likeness (QED) is 0.380. The van der Waals surface area contributed by atoms with Crippen molar-refractivity contribution in [3.8, 4) is 0 Å². The minimum Gasteiger partial charge on any atom is -0.325 e. The zero-order chi connectivity index (χ0) is 21.3. The van der Waals surface area contributed by atoms with Gasteiger partial charge in [0.2, 0.25) is 11.8 Å². The van der Waals surface area contributed by atoms with Gasteiger partial charge >= 0.3 is 0 Å². The van der Waals surface area contributed by atoms with Crippen molar-refractivity contribution < 1.29 is 9.59 Å². The molecular formula is C25H24N2O2S. The molecule has 0 aromatic heterocycles. The van der Waals surface area contributed by atoms with Crippen LogP contribution in [0.5, 0.6) is 0 Å². The van der Waals surface area contributed by atoms with E-state index in [-0.39, 0.29) is 17.1 Å². The van der Waals surface area contributed by atoms with Crippen molar-refractivity contribution in [3.63, 3.8) is 0 Å². The summed E-state index contributed by atoms with van der Waals surface area (Å²) in [7, 11) is 0. The van der Waals surface area contributed by atoms with Crippen LogP contribution in [0.3, 0.4) is 0 Å². The number of hydrogen-bond acceptors (Lipinski definition) is 3. The molecule has 2 amide bonds. The first-order chi connectivity index (χ1) is 14.5. The van der Waals surface area contributed by atoms with E-state index in [4.69, 9.17) is 0 Å². The second-order valence-electron chi connectivity index (χ2n) is 6.83. The van der Waals surface area contributed by atoms with E-state index in [1.807, 2.05) is 92.7 Å². The van der Waals surface area contributed by atoms with Gasteiger partial charge in [0.25, 0.3) is 0 Å². The van der Waals surface area contributed by atoms with E-state index in [1.54, 1.807) is 6.08 Å². The molecule has 1 unspecified atom stereocenters. The predicted octanol–water partition coefficient (Wildman–Crippen LogP) is 5.77. The highest BCUT2D eigenvalue weighted by Crippen LogP contribution is 2.27. The normalized spacial score (nSPS) is 11.8. The highest BCUT2D eigenvalue weighted by Gasteiger charge is 2.15. The van der Waals surface area contributed by atoms with E-state index in [1.165, 1.54) is 17.8 Å². The second-order valence-corrected chi connectivity index (χ2v) is 8.24. The summed E-state index contributed by atoms with van der Waals surface area (Å²) in [5, 5.41) is 5.55. The average Bonchev–Trinajstić information content (AvgIpc) is 2.75. The molecular weight excluding hydrogens is 392 g/mol. The Balaban J connectivity index is 1.58. The smallest absolute Gasteiger partial charge is 0.248 e. The Morgan fingerprint density at radius 1 is 0.900 bits per heavy atom. The summed E-state index contributed by atoms with van der Waals surface area (Å²) in [6.45, 7) is 3.83. The Kier molecular flexibility index (Phi) is 7.46. The van der Waals surface area contributed by atoms with Crippen molar-refractivity contribution in [2.45, 2.75) is 24.0 Å². The van der Waals surface area contributed by atoms with Crippen molar-refractivity contribution in [2.24, 2.45) is 0 Å². The third-order valence-corrected chi connectivity index (χ3v) is 5.51. The summed E-state index contributed by atoms with van der Waals surface area (Å²) in [6.07, 6.45) is 3.28. The van der Waals surface area contributed by atoms with Gasteiger partial charge in [-0.3, -0.25) is 9.59 Å². The lowest BCUT2D eigenvalue weighted by Gasteiger charge is -2.14. The molecule has 0 bridgehead atoms.